The Morgan fingerprint density at radius 1 is 1.47 bits per heavy atom. The number of hydrogen-bond donors (Lipinski definition) is 2. The van der Waals surface area contributed by atoms with E-state index in [1.807, 2.05) is 19.1 Å². The van der Waals surface area contributed by atoms with E-state index < -0.39 is 6.04 Å². The summed E-state index contributed by atoms with van der Waals surface area (Å²) >= 11 is 0. The van der Waals surface area contributed by atoms with Crippen molar-refractivity contribution in [1.29, 1.82) is 0 Å². The highest BCUT2D eigenvalue weighted by atomic mass is 16.5. The summed E-state index contributed by atoms with van der Waals surface area (Å²) in [7, 11) is 0. The zero-order valence-corrected chi connectivity index (χ0v) is 11.3. The van der Waals surface area contributed by atoms with Crippen LogP contribution in [0.2, 0.25) is 0 Å². The molecule has 6 heteroatoms. The number of aryl methyl sites for hydroxylation is 1. The molecule has 19 heavy (non-hydrogen) atoms. The fourth-order valence-electron chi connectivity index (χ4n) is 1.90. The van der Waals surface area contributed by atoms with E-state index in [1.54, 1.807) is 6.92 Å². The van der Waals surface area contributed by atoms with Crippen LogP contribution >= 0.6 is 0 Å². The van der Waals surface area contributed by atoms with Gasteiger partial charge in [0.05, 0.1) is 30.6 Å². The molecular weight excluding hydrogens is 244 g/mol. The van der Waals surface area contributed by atoms with Crippen LogP contribution in [0.1, 0.15) is 12.6 Å². The number of nitrogens with one attached hydrogen (secondary N) is 1. The largest absolute Gasteiger partial charge is 0.378 e. The Morgan fingerprint density at radius 2 is 2.16 bits per heavy atom. The number of carbonyl (C=O) groups is 1. The third-order valence-electron chi connectivity index (χ3n) is 3.08. The summed E-state index contributed by atoms with van der Waals surface area (Å²) in [5.74, 6) is 0.712. The van der Waals surface area contributed by atoms with E-state index in [1.165, 1.54) is 0 Å². The quantitative estimate of drug-likeness (QED) is 0.831. The molecular formula is C13H20N4O2. The summed E-state index contributed by atoms with van der Waals surface area (Å²) in [5.41, 5.74) is 7.02. The van der Waals surface area contributed by atoms with Crippen molar-refractivity contribution >= 4 is 17.4 Å². The van der Waals surface area contributed by atoms with E-state index in [0.29, 0.717) is 5.69 Å². The van der Waals surface area contributed by atoms with Gasteiger partial charge in [-0.3, -0.25) is 4.79 Å². The standard InChI is InChI=1S/C13H20N4O2/c1-9(14)13(18)16-11-3-4-12(15-10(11)2)17-5-7-19-8-6-17/h3-4,9H,5-8,14H2,1-2H3,(H,16,18). The molecule has 1 aromatic heterocycles. The number of carbonyl (C=O) groups excluding carboxylic acids is 1. The Balaban J connectivity index is 2.10. The van der Waals surface area contributed by atoms with Crippen LogP contribution in [0.5, 0.6) is 0 Å². The highest BCUT2D eigenvalue weighted by Gasteiger charge is 2.14. The summed E-state index contributed by atoms with van der Waals surface area (Å²) in [6.45, 7) is 6.67. The lowest BCUT2D eigenvalue weighted by atomic mass is 10.2. The van der Waals surface area contributed by atoms with Crippen molar-refractivity contribution in [3.63, 3.8) is 0 Å². The molecule has 1 fully saturated rings. The van der Waals surface area contributed by atoms with E-state index in [-0.39, 0.29) is 5.91 Å². The van der Waals surface area contributed by atoms with Crippen molar-refractivity contribution < 1.29 is 9.53 Å². The summed E-state index contributed by atoms with van der Waals surface area (Å²) in [6, 6.07) is 3.25. The van der Waals surface area contributed by atoms with E-state index in [9.17, 15) is 4.79 Å². The Bertz CT molecular complexity index is 456. The summed E-state index contributed by atoms with van der Waals surface area (Å²) in [5, 5.41) is 2.77. The van der Waals surface area contributed by atoms with Crippen molar-refractivity contribution in [2.45, 2.75) is 19.9 Å². The number of amides is 1. The van der Waals surface area contributed by atoms with E-state index in [2.05, 4.69) is 15.2 Å². The number of ether oxygens (including phenoxy) is 1. The molecule has 1 amide bonds. The Morgan fingerprint density at radius 3 is 2.74 bits per heavy atom. The van der Waals surface area contributed by atoms with E-state index >= 15 is 0 Å². The number of morpholine rings is 1. The zero-order valence-electron chi connectivity index (χ0n) is 11.3. The van der Waals surface area contributed by atoms with Crippen LogP contribution in [0.15, 0.2) is 12.1 Å². The number of hydrogen-bond acceptors (Lipinski definition) is 5. The first-order valence-electron chi connectivity index (χ1n) is 6.44. The number of anilines is 2. The predicted molar refractivity (Wildman–Crippen MR) is 74.3 cm³/mol. The van der Waals surface area contributed by atoms with Crippen molar-refractivity contribution in [1.82, 2.24) is 4.98 Å². The van der Waals surface area contributed by atoms with Gasteiger partial charge in [0.1, 0.15) is 5.82 Å². The molecule has 1 atom stereocenters. The molecule has 2 rings (SSSR count). The number of pyridine rings is 1. The van der Waals surface area contributed by atoms with E-state index in [4.69, 9.17) is 10.5 Å². The average Bonchev–Trinajstić information content (AvgIpc) is 2.41. The van der Waals surface area contributed by atoms with Gasteiger partial charge in [-0.05, 0) is 26.0 Å². The monoisotopic (exact) mass is 264 g/mol. The molecule has 1 aliphatic rings. The maximum absolute atomic E-state index is 11.6. The smallest absolute Gasteiger partial charge is 0.241 e. The minimum Gasteiger partial charge on any atom is -0.378 e. The van der Waals surface area contributed by atoms with E-state index in [0.717, 1.165) is 37.8 Å². The first-order valence-corrected chi connectivity index (χ1v) is 6.44. The number of nitrogens with two attached hydrogens (primary N) is 1. The molecule has 1 aromatic rings. The van der Waals surface area contributed by atoms with Crippen LogP contribution in [-0.2, 0) is 9.53 Å². The van der Waals surface area contributed by atoms with Gasteiger partial charge in [-0.2, -0.15) is 0 Å². The lowest BCUT2D eigenvalue weighted by Gasteiger charge is -2.28. The van der Waals surface area contributed by atoms with Gasteiger partial charge in [-0.15, -0.1) is 0 Å². The Kier molecular flexibility index (Phi) is 4.34. The van der Waals surface area contributed by atoms with Gasteiger partial charge in [0.2, 0.25) is 5.91 Å². The third-order valence-corrected chi connectivity index (χ3v) is 3.08. The highest BCUT2D eigenvalue weighted by Crippen LogP contribution is 2.19. The second-order valence-electron chi connectivity index (χ2n) is 4.68. The zero-order chi connectivity index (χ0) is 13.8. The predicted octanol–water partition coefficient (Wildman–Crippen LogP) is 0.512. The second kappa shape index (κ2) is 5.99. The van der Waals surface area contributed by atoms with Crippen LogP contribution in [0.4, 0.5) is 11.5 Å². The average molecular weight is 264 g/mol. The molecule has 1 unspecified atom stereocenters. The molecule has 0 saturated carbocycles. The second-order valence-corrected chi connectivity index (χ2v) is 4.68. The van der Waals surface area contributed by atoms with Gasteiger partial charge in [0.25, 0.3) is 0 Å². The topological polar surface area (TPSA) is 80.5 Å². The number of aromatic nitrogens is 1. The van der Waals surface area contributed by atoms with Gasteiger partial charge in [0, 0.05) is 13.1 Å². The lowest BCUT2D eigenvalue weighted by Crippen LogP contribution is -2.37. The molecule has 0 bridgehead atoms. The van der Waals surface area contributed by atoms with Crippen molar-refractivity contribution in [3.8, 4) is 0 Å². The van der Waals surface area contributed by atoms with Gasteiger partial charge in [0.15, 0.2) is 0 Å². The molecule has 0 radical (unpaired) electrons. The Hall–Kier alpha value is -1.66. The molecule has 1 aliphatic heterocycles. The van der Waals surface area contributed by atoms with Gasteiger partial charge in [-0.1, -0.05) is 0 Å². The van der Waals surface area contributed by atoms with Crippen molar-refractivity contribution in [2.24, 2.45) is 5.73 Å². The Labute approximate surface area is 112 Å². The first-order chi connectivity index (χ1) is 9.08. The van der Waals surface area contributed by atoms with Gasteiger partial charge in [-0.25, -0.2) is 4.98 Å². The molecule has 2 heterocycles. The van der Waals surface area contributed by atoms with Crippen molar-refractivity contribution in [3.05, 3.63) is 17.8 Å². The molecule has 3 N–H and O–H groups in total. The van der Waals surface area contributed by atoms with Crippen LogP contribution < -0.4 is 16.0 Å². The third kappa shape index (κ3) is 3.42. The lowest BCUT2D eigenvalue weighted by molar-refractivity contribution is -0.117. The van der Waals surface area contributed by atoms with Crippen LogP contribution in [0.3, 0.4) is 0 Å². The van der Waals surface area contributed by atoms with Crippen LogP contribution in [0.25, 0.3) is 0 Å². The fraction of sp³-hybridized carbons (Fsp3) is 0.538. The summed E-state index contributed by atoms with van der Waals surface area (Å²) in [6.07, 6.45) is 0. The minimum absolute atomic E-state index is 0.205. The fourth-order valence-corrected chi connectivity index (χ4v) is 1.90. The van der Waals surface area contributed by atoms with Crippen LogP contribution in [0, 0.1) is 6.92 Å². The minimum atomic E-state index is -0.529. The number of rotatable bonds is 3. The number of nitrogens with zero attached hydrogens (tertiary/aromatic N) is 2. The van der Waals surface area contributed by atoms with Gasteiger partial charge >= 0.3 is 0 Å². The maximum atomic E-state index is 11.6. The van der Waals surface area contributed by atoms with Crippen LogP contribution in [-0.4, -0.2) is 43.2 Å². The SMILES string of the molecule is Cc1nc(N2CCOCC2)ccc1NC(=O)C(C)N. The normalized spacial score (nSPS) is 17.1. The maximum Gasteiger partial charge on any atom is 0.241 e. The first kappa shape index (κ1) is 13.8. The molecule has 0 aromatic carbocycles. The molecule has 0 aliphatic carbocycles. The molecule has 104 valence electrons. The molecule has 1 saturated heterocycles. The van der Waals surface area contributed by atoms with Crippen molar-refractivity contribution in [2.75, 3.05) is 36.5 Å². The van der Waals surface area contributed by atoms with Gasteiger partial charge < -0.3 is 20.7 Å². The highest BCUT2D eigenvalue weighted by molar-refractivity contribution is 5.94. The molecule has 6 nitrogen and oxygen atoms in total. The summed E-state index contributed by atoms with van der Waals surface area (Å²) in [4.78, 5) is 18.3. The molecule has 0 spiro atoms. The summed E-state index contributed by atoms with van der Waals surface area (Å²) < 4.78 is 5.31.